The Labute approximate surface area is 211 Å². The average molecular weight is 485 g/mol. The molecular formula is C30H44O5. The minimum Gasteiger partial charge on any atom is -0.490 e. The molecule has 0 amide bonds. The van der Waals surface area contributed by atoms with Crippen LogP contribution in [0.3, 0.4) is 0 Å². The lowest BCUT2D eigenvalue weighted by Crippen LogP contribution is -2.69. The molecule has 2 fully saturated rings. The van der Waals surface area contributed by atoms with Gasteiger partial charge in [-0.25, -0.2) is 0 Å². The molecule has 1 saturated carbocycles. The Balaban J connectivity index is 2.40. The molecule has 1 spiro atoms. The molecule has 194 valence electrons. The van der Waals surface area contributed by atoms with Crippen molar-refractivity contribution < 1.29 is 24.2 Å². The van der Waals surface area contributed by atoms with Crippen molar-refractivity contribution in [3.63, 3.8) is 0 Å². The van der Waals surface area contributed by atoms with E-state index in [-0.39, 0.29) is 23.9 Å². The van der Waals surface area contributed by atoms with Gasteiger partial charge in [-0.3, -0.25) is 14.4 Å². The van der Waals surface area contributed by atoms with E-state index in [1.54, 1.807) is 27.7 Å². The van der Waals surface area contributed by atoms with Gasteiger partial charge in [0.05, 0.1) is 11.0 Å². The van der Waals surface area contributed by atoms with E-state index >= 15 is 0 Å². The number of hydrogen-bond acceptors (Lipinski definition) is 5. The smallest absolute Gasteiger partial charge is 0.184 e. The molecule has 0 aromatic heterocycles. The van der Waals surface area contributed by atoms with Crippen LogP contribution < -0.4 is 0 Å². The van der Waals surface area contributed by atoms with Crippen molar-refractivity contribution in [2.45, 2.75) is 107 Å². The van der Waals surface area contributed by atoms with Crippen LogP contribution in [0.15, 0.2) is 34.6 Å². The fourth-order valence-electron chi connectivity index (χ4n) is 6.50. The molecular weight excluding hydrogens is 440 g/mol. The van der Waals surface area contributed by atoms with Crippen LogP contribution >= 0.6 is 0 Å². The first-order valence-electron chi connectivity index (χ1n) is 13.0. The molecule has 1 saturated heterocycles. The van der Waals surface area contributed by atoms with Crippen LogP contribution in [0.4, 0.5) is 0 Å². The normalized spacial score (nSPS) is 31.8. The molecule has 1 heterocycles. The quantitative estimate of drug-likeness (QED) is 0.359. The van der Waals surface area contributed by atoms with Crippen LogP contribution in [0, 0.1) is 28.1 Å². The van der Waals surface area contributed by atoms with Crippen LogP contribution in [0.25, 0.3) is 0 Å². The highest BCUT2D eigenvalue weighted by Gasteiger charge is 2.77. The second-order valence-corrected chi connectivity index (χ2v) is 12.9. The van der Waals surface area contributed by atoms with Crippen LogP contribution in [0.1, 0.15) is 94.9 Å². The summed E-state index contributed by atoms with van der Waals surface area (Å²) in [6, 6.07) is 0. The van der Waals surface area contributed by atoms with Gasteiger partial charge in [0.25, 0.3) is 0 Å². The fourth-order valence-corrected chi connectivity index (χ4v) is 6.50. The highest BCUT2D eigenvalue weighted by Crippen LogP contribution is 2.68. The van der Waals surface area contributed by atoms with E-state index in [2.05, 4.69) is 6.08 Å². The number of allylic oxidation sites excluding steroid dienone is 6. The van der Waals surface area contributed by atoms with Gasteiger partial charge >= 0.3 is 0 Å². The Morgan fingerprint density at radius 2 is 1.66 bits per heavy atom. The number of fused-ring (bicyclic) bond motifs is 1. The van der Waals surface area contributed by atoms with Gasteiger partial charge in [-0.05, 0) is 72.1 Å². The second kappa shape index (κ2) is 8.83. The predicted octanol–water partition coefficient (Wildman–Crippen LogP) is 5.91. The average Bonchev–Trinajstić information content (AvgIpc) is 3.10. The van der Waals surface area contributed by atoms with Crippen molar-refractivity contribution >= 4 is 17.3 Å². The van der Waals surface area contributed by atoms with E-state index in [1.165, 1.54) is 0 Å². The maximum absolute atomic E-state index is 14.7. The highest BCUT2D eigenvalue weighted by atomic mass is 16.5. The van der Waals surface area contributed by atoms with Gasteiger partial charge in [0.2, 0.25) is 0 Å². The number of rotatable bonds is 7. The lowest BCUT2D eigenvalue weighted by atomic mass is 9.39. The number of ether oxygens (including phenoxy) is 1. The summed E-state index contributed by atoms with van der Waals surface area (Å²) in [5.41, 5.74) is -2.27. The molecule has 0 aromatic carbocycles. The van der Waals surface area contributed by atoms with Gasteiger partial charge in [0.1, 0.15) is 11.9 Å². The number of carbonyl (C=O) groups excluding carboxylic acids is 3. The van der Waals surface area contributed by atoms with E-state index in [0.29, 0.717) is 30.6 Å². The van der Waals surface area contributed by atoms with Crippen molar-refractivity contribution in [1.29, 1.82) is 0 Å². The van der Waals surface area contributed by atoms with Crippen molar-refractivity contribution in [2.75, 3.05) is 0 Å². The summed E-state index contributed by atoms with van der Waals surface area (Å²) in [4.78, 5) is 43.3. The van der Waals surface area contributed by atoms with Gasteiger partial charge in [-0.1, -0.05) is 51.0 Å². The van der Waals surface area contributed by atoms with Gasteiger partial charge in [-0.15, -0.1) is 0 Å². The standard InChI is InChI=1S/C30H44O5/c1-17(2)11-13-20-15-29-16-22(28(9,10)34)35-25(29)21(14-12-18(3)4)24(32)30(26(29)33,27(20,7)8)23(31)19(5)6/h11-12,19-20,22,34H,13-16H2,1-10H3. The molecule has 4 unspecified atom stereocenters. The van der Waals surface area contributed by atoms with Gasteiger partial charge in [-0.2, -0.15) is 0 Å². The number of hydrogen-bond donors (Lipinski definition) is 1. The zero-order chi connectivity index (χ0) is 26.7. The Kier molecular flexibility index (Phi) is 6.96. The zero-order valence-electron chi connectivity index (χ0n) is 23.3. The van der Waals surface area contributed by atoms with Crippen LogP contribution in [-0.2, 0) is 19.1 Å². The maximum atomic E-state index is 14.7. The lowest BCUT2D eigenvalue weighted by molar-refractivity contribution is -0.176. The SMILES string of the molecule is CC(C)=CCC1=C2OC(C(C)(C)O)CC23CC(CC=C(C)C)C(C)(C)C(C(=O)C(C)C)(C1=O)C3=O. The molecule has 1 N–H and O–H groups in total. The van der Waals surface area contributed by atoms with Gasteiger partial charge in [0.15, 0.2) is 22.8 Å². The summed E-state index contributed by atoms with van der Waals surface area (Å²) in [6.45, 7) is 18.8. The van der Waals surface area contributed by atoms with Crippen molar-refractivity contribution in [1.82, 2.24) is 0 Å². The number of ketones is 3. The highest BCUT2D eigenvalue weighted by molar-refractivity contribution is 6.33. The summed E-state index contributed by atoms with van der Waals surface area (Å²) in [7, 11) is 0. The Morgan fingerprint density at radius 1 is 1.09 bits per heavy atom. The minimum absolute atomic E-state index is 0.0779. The molecule has 5 heteroatoms. The van der Waals surface area contributed by atoms with E-state index in [1.807, 2.05) is 47.6 Å². The Morgan fingerprint density at radius 3 is 2.14 bits per heavy atom. The summed E-state index contributed by atoms with van der Waals surface area (Å²) in [6.07, 6.45) is 5.24. The van der Waals surface area contributed by atoms with E-state index in [9.17, 15) is 19.5 Å². The monoisotopic (exact) mass is 484 g/mol. The largest absolute Gasteiger partial charge is 0.490 e. The molecule has 0 aromatic rings. The molecule has 0 radical (unpaired) electrons. The third-order valence-corrected chi connectivity index (χ3v) is 8.68. The summed E-state index contributed by atoms with van der Waals surface area (Å²) >= 11 is 0. The molecule has 1 aliphatic heterocycles. The summed E-state index contributed by atoms with van der Waals surface area (Å²) < 4.78 is 6.35. The van der Waals surface area contributed by atoms with E-state index in [4.69, 9.17) is 4.74 Å². The third kappa shape index (κ3) is 3.98. The molecule has 5 nitrogen and oxygen atoms in total. The lowest BCUT2D eigenvalue weighted by Gasteiger charge is -2.59. The first-order chi connectivity index (χ1) is 15.9. The molecule has 3 rings (SSSR count). The third-order valence-electron chi connectivity index (χ3n) is 8.68. The van der Waals surface area contributed by atoms with Crippen LogP contribution in [-0.4, -0.2) is 34.2 Å². The minimum atomic E-state index is -1.76. The fraction of sp³-hybridized carbons (Fsp3) is 0.700. The van der Waals surface area contributed by atoms with Gasteiger partial charge in [0, 0.05) is 17.9 Å². The molecule has 2 aliphatic carbocycles. The number of aliphatic hydroxyl groups is 1. The van der Waals surface area contributed by atoms with Crippen molar-refractivity contribution in [3.05, 3.63) is 34.6 Å². The first kappa shape index (κ1) is 27.6. The topological polar surface area (TPSA) is 80.7 Å². The molecule has 4 atom stereocenters. The van der Waals surface area contributed by atoms with Crippen LogP contribution in [0.2, 0.25) is 0 Å². The van der Waals surface area contributed by atoms with Crippen molar-refractivity contribution in [2.24, 2.45) is 28.1 Å². The molecule has 35 heavy (non-hydrogen) atoms. The first-order valence-corrected chi connectivity index (χ1v) is 13.0. The Bertz CT molecular complexity index is 1020. The summed E-state index contributed by atoms with van der Waals surface area (Å²) in [5, 5.41) is 10.9. The zero-order valence-corrected chi connectivity index (χ0v) is 23.3. The predicted molar refractivity (Wildman–Crippen MR) is 138 cm³/mol. The van der Waals surface area contributed by atoms with Gasteiger partial charge < -0.3 is 9.84 Å². The van der Waals surface area contributed by atoms with E-state index in [0.717, 1.165) is 11.1 Å². The number of Topliss-reactive ketones (excluding diaryl/α,β-unsaturated/α-hetero) is 3. The van der Waals surface area contributed by atoms with Crippen molar-refractivity contribution in [3.8, 4) is 0 Å². The molecule has 2 bridgehead atoms. The Hall–Kier alpha value is -2.01. The van der Waals surface area contributed by atoms with E-state index < -0.39 is 39.7 Å². The van der Waals surface area contributed by atoms with Crippen LogP contribution in [0.5, 0.6) is 0 Å². The molecule has 3 aliphatic rings. The number of carbonyl (C=O) groups is 3. The summed E-state index contributed by atoms with van der Waals surface area (Å²) in [5.74, 6) is -1.14. The second-order valence-electron chi connectivity index (χ2n) is 12.9. The maximum Gasteiger partial charge on any atom is 0.184 e.